The van der Waals surface area contributed by atoms with E-state index in [0.29, 0.717) is 37.7 Å². The normalized spacial score (nSPS) is 13.4. The Hall–Kier alpha value is -3.28. The highest BCUT2D eigenvalue weighted by atomic mass is 35.5. The fraction of sp³-hybridized carbons (Fsp3) is 0.211. The van der Waals surface area contributed by atoms with Crippen molar-refractivity contribution in [3.63, 3.8) is 0 Å². The number of nitro benzene ring substituents is 1. The van der Waals surface area contributed by atoms with Crippen molar-refractivity contribution in [1.82, 2.24) is 5.32 Å². The standard InChI is InChI=1S/C19H17ClN4O6S/c20-14-3-2-12(10-13(14)18(26)27)21-19(31)22-17(25)11-1-4-15(16(9-11)24(28)29)23-5-7-30-8-6-23/h1-4,9-10H,5-8H2,(H,26,27)(H2,21,22,25,31). The summed E-state index contributed by atoms with van der Waals surface area (Å²) in [5.74, 6) is -1.86. The minimum absolute atomic E-state index is 0.0511. The Balaban J connectivity index is 1.73. The van der Waals surface area contributed by atoms with E-state index in [-0.39, 0.29) is 26.9 Å². The molecule has 1 amide bonds. The molecule has 12 heteroatoms. The molecule has 2 aromatic rings. The molecule has 31 heavy (non-hydrogen) atoms. The molecule has 1 aliphatic heterocycles. The number of rotatable bonds is 5. The van der Waals surface area contributed by atoms with Crippen molar-refractivity contribution in [1.29, 1.82) is 0 Å². The maximum absolute atomic E-state index is 12.5. The second-order valence-corrected chi connectivity index (χ2v) is 7.28. The highest BCUT2D eigenvalue weighted by Gasteiger charge is 2.23. The van der Waals surface area contributed by atoms with Gasteiger partial charge in [-0.25, -0.2) is 4.79 Å². The van der Waals surface area contributed by atoms with Gasteiger partial charge < -0.3 is 20.1 Å². The summed E-state index contributed by atoms with van der Waals surface area (Å²) in [7, 11) is 0. The Morgan fingerprint density at radius 2 is 1.90 bits per heavy atom. The van der Waals surface area contributed by atoms with Gasteiger partial charge >= 0.3 is 5.97 Å². The zero-order chi connectivity index (χ0) is 22.5. The Bertz CT molecular complexity index is 1060. The van der Waals surface area contributed by atoms with Gasteiger partial charge in [-0.3, -0.25) is 20.2 Å². The molecule has 2 aromatic carbocycles. The van der Waals surface area contributed by atoms with Gasteiger partial charge in [0.2, 0.25) is 0 Å². The molecule has 0 saturated carbocycles. The Morgan fingerprint density at radius 3 is 2.55 bits per heavy atom. The van der Waals surface area contributed by atoms with Crippen LogP contribution in [0.2, 0.25) is 5.02 Å². The number of nitrogens with zero attached hydrogens (tertiary/aromatic N) is 2. The van der Waals surface area contributed by atoms with E-state index in [1.807, 2.05) is 4.90 Å². The quantitative estimate of drug-likeness (QED) is 0.346. The lowest BCUT2D eigenvalue weighted by Crippen LogP contribution is -2.37. The number of hydrogen-bond acceptors (Lipinski definition) is 7. The number of carboxylic acid groups (broad SMARTS) is 1. The largest absolute Gasteiger partial charge is 0.478 e. The van der Waals surface area contributed by atoms with Crippen LogP contribution in [0.3, 0.4) is 0 Å². The molecule has 0 atom stereocenters. The van der Waals surface area contributed by atoms with Crippen molar-refractivity contribution in [2.24, 2.45) is 0 Å². The van der Waals surface area contributed by atoms with Gasteiger partial charge in [-0.15, -0.1) is 0 Å². The van der Waals surface area contributed by atoms with Crippen molar-refractivity contribution in [3.8, 4) is 0 Å². The highest BCUT2D eigenvalue weighted by Crippen LogP contribution is 2.30. The molecule has 3 rings (SSSR count). The average Bonchev–Trinajstić information content (AvgIpc) is 2.75. The van der Waals surface area contributed by atoms with E-state index in [4.69, 9.17) is 33.7 Å². The third-order valence-corrected chi connectivity index (χ3v) is 5.00. The van der Waals surface area contributed by atoms with Crippen LogP contribution in [0.1, 0.15) is 20.7 Å². The maximum atomic E-state index is 12.5. The first-order valence-corrected chi connectivity index (χ1v) is 9.81. The molecule has 0 aromatic heterocycles. The molecule has 162 valence electrons. The first-order valence-electron chi connectivity index (χ1n) is 9.02. The van der Waals surface area contributed by atoms with Gasteiger partial charge in [0.1, 0.15) is 5.69 Å². The van der Waals surface area contributed by atoms with Crippen LogP contribution < -0.4 is 15.5 Å². The Labute approximate surface area is 186 Å². The number of nitrogens with one attached hydrogen (secondary N) is 2. The average molecular weight is 465 g/mol. The first kappa shape index (κ1) is 22.4. The third-order valence-electron chi connectivity index (χ3n) is 4.47. The second kappa shape index (κ2) is 9.69. The van der Waals surface area contributed by atoms with E-state index >= 15 is 0 Å². The molecule has 3 N–H and O–H groups in total. The molecule has 0 aliphatic carbocycles. The molecule has 1 saturated heterocycles. The fourth-order valence-corrected chi connectivity index (χ4v) is 3.40. The number of ether oxygens (including phenoxy) is 1. The zero-order valence-corrected chi connectivity index (χ0v) is 17.5. The summed E-state index contributed by atoms with van der Waals surface area (Å²) in [6, 6.07) is 8.33. The van der Waals surface area contributed by atoms with Gasteiger partial charge in [0, 0.05) is 30.4 Å². The van der Waals surface area contributed by atoms with Crippen LogP contribution in [0.25, 0.3) is 0 Å². The van der Waals surface area contributed by atoms with Gasteiger partial charge in [0.15, 0.2) is 5.11 Å². The summed E-state index contributed by atoms with van der Waals surface area (Å²) in [6.45, 7) is 1.96. The predicted molar refractivity (Wildman–Crippen MR) is 118 cm³/mol. The summed E-state index contributed by atoms with van der Waals surface area (Å²) in [5.41, 5.74) is 0.441. The SMILES string of the molecule is O=C(NC(=S)Nc1ccc(Cl)c(C(=O)O)c1)c1ccc(N2CCOCC2)c([N+](=O)[O-])c1. The molecule has 1 heterocycles. The Morgan fingerprint density at radius 1 is 1.19 bits per heavy atom. The van der Waals surface area contributed by atoms with E-state index in [2.05, 4.69) is 10.6 Å². The van der Waals surface area contributed by atoms with Crippen LogP contribution in [-0.2, 0) is 4.74 Å². The number of amides is 1. The number of halogens is 1. The van der Waals surface area contributed by atoms with Crippen LogP contribution in [0.5, 0.6) is 0 Å². The molecule has 1 aliphatic rings. The van der Waals surface area contributed by atoms with Gasteiger partial charge in [0.25, 0.3) is 11.6 Å². The van der Waals surface area contributed by atoms with Crippen molar-refractivity contribution >= 4 is 57.9 Å². The van der Waals surface area contributed by atoms with Gasteiger partial charge in [-0.1, -0.05) is 11.6 Å². The van der Waals surface area contributed by atoms with Crippen molar-refractivity contribution in [2.75, 3.05) is 36.5 Å². The van der Waals surface area contributed by atoms with E-state index in [1.165, 1.54) is 36.4 Å². The number of nitro groups is 1. The summed E-state index contributed by atoms with van der Waals surface area (Å²) in [6.07, 6.45) is 0. The molecule has 0 radical (unpaired) electrons. The van der Waals surface area contributed by atoms with E-state index in [1.54, 1.807) is 0 Å². The maximum Gasteiger partial charge on any atom is 0.337 e. The third kappa shape index (κ3) is 5.45. The number of hydrogen-bond donors (Lipinski definition) is 3. The number of anilines is 2. The molecule has 0 spiro atoms. The van der Waals surface area contributed by atoms with Gasteiger partial charge in [-0.05, 0) is 42.5 Å². The van der Waals surface area contributed by atoms with Crippen LogP contribution in [0, 0.1) is 10.1 Å². The number of carbonyl (C=O) groups is 2. The van der Waals surface area contributed by atoms with Crippen LogP contribution in [0.15, 0.2) is 36.4 Å². The highest BCUT2D eigenvalue weighted by molar-refractivity contribution is 7.80. The lowest BCUT2D eigenvalue weighted by Gasteiger charge is -2.28. The first-order chi connectivity index (χ1) is 14.8. The number of morpholine rings is 1. The summed E-state index contributed by atoms with van der Waals surface area (Å²) >= 11 is 10.9. The number of thiocarbonyl (C=S) groups is 1. The second-order valence-electron chi connectivity index (χ2n) is 6.47. The molecular formula is C19H17ClN4O6S. The minimum atomic E-state index is -1.21. The van der Waals surface area contributed by atoms with E-state index < -0.39 is 16.8 Å². The molecule has 0 unspecified atom stereocenters. The van der Waals surface area contributed by atoms with Crippen LogP contribution in [0.4, 0.5) is 17.1 Å². The summed E-state index contributed by atoms with van der Waals surface area (Å²) in [5, 5.41) is 25.7. The Kier molecular flexibility index (Phi) is 7.00. The monoisotopic (exact) mass is 464 g/mol. The van der Waals surface area contributed by atoms with Crippen LogP contribution in [-0.4, -0.2) is 53.3 Å². The van der Waals surface area contributed by atoms with Crippen molar-refractivity contribution < 1.29 is 24.4 Å². The number of carbonyl (C=O) groups excluding carboxylic acids is 1. The number of carboxylic acids is 1. The van der Waals surface area contributed by atoms with Gasteiger partial charge in [-0.2, -0.15) is 0 Å². The smallest absolute Gasteiger partial charge is 0.337 e. The lowest BCUT2D eigenvalue weighted by molar-refractivity contribution is -0.384. The van der Waals surface area contributed by atoms with Gasteiger partial charge in [0.05, 0.1) is 28.7 Å². The number of aromatic carboxylic acids is 1. The van der Waals surface area contributed by atoms with Crippen LogP contribution >= 0.6 is 23.8 Å². The molecular weight excluding hydrogens is 448 g/mol. The predicted octanol–water partition coefficient (Wildman–Crippen LogP) is 2.91. The summed E-state index contributed by atoms with van der Waals surface area (Å²) in [4.78, 5) is 36.5. The van der Waals surface area contributed by atoms with E-state index in [9.17, 15) is 19.7 Å². The molecule has 0 bridgehead atoms. The van der Waals surface area contributed by atoms with Crippen molar-refractivity contribution in [2.45, 2.75) is 0 Å². The summed E-state index contributed by atoms with van der Waals surface area (Å²) < 4.78 is 5.27. The fourth-order valence-electron chi connectivity index (χ4n) is 2.99. The minimum Gasteiger partial charge on any atom is -0.478 e. The topological polar surface area (TPSA) is 134 Å². The number of benzene rings is 2. The molecule has 10 nitrogen and oxygen atoms in total. The van der Waals surface area contributed by atoms with Crippen molar-refractivity contribution in [3.05, 3.63) is 62.7 Å². The lowest BCUT2D eigenvalue weighted by atomic mass is 10.1. The zero-order valence-electron chi connectivity index (χ0n) is 16.0. The van der Waals surface area contributed by atoms with E-state index in [0.717, 1.165) is 0 Å². The molecule has 1 fully saturated rings.